The first-order chi connectivity index (χ1) is 5.35. The van der Waals surface area contributed by atoms with Crippen LogP contribution in [0.2, 0.25) is 0 Å². The van der Waals surface area contributed by atoms with E-state index in [1.54, 1.807) is 0 Å². The SMILES string of the molecule is N=C/C=C(/CO)NCCCO. The molecule has 0 saturated heterocycles. The van der Waals surface area contributed by atoms with Gasteiger partial charge >= 0.3 is 0 Å². The zero-order valence-electron chi connectivity index (χ0n) is 6.38. The van der Waals surface area contributed by atoms with Gasteiger partial charge in [0.2, 0.25) is 0 Å². The summed E-state index contributed by atoms with van der Waals surface area (Å²) >= 11 is 0. The van der Waals surface area contributed by atoms with Crippen molar-refractivity contribution in [1.29, 1.82) is 5.41 Å². The third-order valence-corrected chi connectivity index (χ3v) is 1.14. The molecule has 0 aliphatic heterocycles. The van der Waals surface area contributed by atoms with Crippen molar-refractivity contribution in [3.8, 4) is 0 Å². The minimum absolute atomic E-state index is 0.0964. The Morgan fingerprint density at radius 1 is 1.45 bits per heavy atom. The maximum Gasteiger partial charge on any atom is 0.0828 e. The predicted molar refractivity (Wildman–Crippen MR) is 43.7 cm³/mol. The molecule has 0 aromatic carbocycles. The number of allylic oxidation sites excluding steroid dienone is 1. The predicted octanol–water partition coefficient (Wildman–Crippen LogP) is -0.516. The lowest BCUT2D eigenvalue weighted by Crippen LogP contribution is -2.18. The molecule has 0 unspecified atom stereocenters. The molecule has 0 radical (unpaired) electrons. The number of hydrogen-bond acceptors (Lipinski definition) is 4. The molecule has 4 heteroatoms. The van der Waals surface area contributed by atoms with E-state index in [1.807, 2.05) is 0 Å². The summed E-state index contributed by atoms with van der Waals surface area (Å²) in [5.74, 6) is 0. The van der Waals surface area contributed by atoms with Crippen molar-refractivity contribution in [1.82, 2.24) is 5.32 Å². The fourth-order valence-electron chi connectivity index (χ4n) is 0.596. The zero-order chi connectivity index (χ0) is 8.53. The Kier molecular flexibility index (Phi) is 6.67. The van der Waals surface area contributed by atoms with Crippen molar-refractivity contribution in [3.05, 3.63) is 11.8 Å². The van der Waals surface area contributed by atoms with Crippen LogP contribution in [0.1, 0.15) is 6.42 Å². The number of nitrogens with one attached hydrogen (secondary N) is 2. The van der Waals surface area contributed by atoms with Crippen LogP contribution in [0.4, 0.5) is 0 Å². The van der Waals surface area contributed by atoms with Crippen LogP contribution < -0.4 is 5.32 Å². The molecule has 0 aromatic heterocycles. The second-order valence-electron chi connectivity index (χ2n) is 2.02. The van der Waals surface area contributed by atoms with E-state index in [0.717, 1.165) is 6.21 Å². The lowest BCUT2D eigenvalue weighted by Gasteiger charge is -2.05. The molecule has 0 aliphatic carbocycles. The summed E-state index contributed by atoms with van der Waals surface area (Å²) in [4.78, 5) is 0. The van der Waals surface area contributed by atoms with Gasteiger partial charge in [-0.2, -0.15) is 0 Å². The Balaban J connectivity index is 3.52. The van der Waals surface area contributed by atoms with Gasteiger partial charge in [0, 0.05) is 25.1 Å². The first-order valence-electron chi connectivity index (χ1n) is 3.50. The molecule has 0 bridgehead atoms. The molecule has 4 N–H and O–H groups in total. The fourth-order valence-corrected chi connectivity index (χ4v) is 0.596. The van der Waals surface area contributed by atoms with E-state index in [-0.39, 0.29) is 13.2 Å². The molecule has 0 fully saturated rings. The smallest absolute Gasteiger partial charge is 0.0828 e. The lowest BCUT2D eigenvalue weighted by molar-refractivity contribution is 0.283. The van der Waals surface area contributed by atoms with Gasteiger partial charge in [0.05, 0.1) is 6.61 Å². The van der Waals surface area contributed by atoms with Gasteiger partial charge in [0.15, 0.2) is 0 Å². The van der Waals surface area contributed by atoms with Crippen molar-refractivity contribution >= 4 is 6.21 Å². The summed E-state index contributed by atoms with van der Waals surface area (Å²) in [5.41, 5.74) is 0.605. The highest BCUT2D eigenvalue weighted by Crippen LogP contribution is 1.85. The largest absolute Gasteiger partial charge is 0.396 e. The summed E-state index contributed by atoms with van der Waals surface area (Å²) in [6.07, 6.45) is 3.24. The van der Waals surface area contributed by atoms with Gasteiger partial charge in [0.1, 0.15) is 0 Å². The van der Waals surface area contributed by atoms with E-state index in [0.29, 0.717) is 18.7 Å². The topological polar surface area (TPSA) is 76.3 Å². The summed E-state index contributed by atoms with van der Waals surface area (Å²) in [7, 11) is 0. The Bertz CT molecular complexity index is 134. The van der Waals surface area contributed by atoms with Gasteiger partial charge in [-0.1, -0.05) is 0 Å². The molecule has 0 amide bonds. The third-order valence-electron chi connectivity index (χ3n) is 1.14. The monoisotopic (exact) mass is 158 g/mol. The first kappa shape index (κ1) is 10.1. The lowest BCUT2D eigenvalue weighted by atomic mass is 10.4. The van der Waals surface area contributed by atoms with Gasteiger partial charge in [-0.25, -0.2) is 0 Å². The Morgan fingerprint density at radius 3 is 2.64 bits per heavy atom. The van der Waals surface area contributed by atoms with E-state index in [1.165, 1.54) is 6.08 Å². The van der Waals surface area contributed by atoms with E-state index in [4.69, 9.17) is 15.6 Å². The molecular weight excluding hydrogens is 144 g/mol. The Morgan fingerprint density at radius 2 is 2.18 bits per heavy atom. The molecular formula is C7H14N2O2. The van der Waals surface area contributed by atoms with E-state index in [2.05, 4.69) is 5.32 Å². The summed E-state index contributed by atoms with van der Waals surface area (Å²) in [6.45, 7) is 0.661. The maximum absolute atomic E-state index is 8.66. The van der Waals surface area contributed by atoms with Gasteiger partial charge in [0.25, 0.3) is 0 Å². The average Bonchev–Trinajstić information content (AvgIpc) is 2.03. The maximum atomic E-state index is 8.66. The highest BCUT2D eigenvalue weighted by atomic mass is 16.3. The second kappa shape index (κ2) is 7.24. The summed E-state index contributed by atoms with van der Waals surface area (Å²) < 4.78 is 0. The average molecular weight is 158 g/mol. The van der Waals surface area contributed by atoms with E-state index >= 15 is 0 Å². The van der Waals surface area contributed by atoms with Gasteiger partial charge in [-0.05, 0) is 12.5 Å². The molecule has 0 saturated carbocycles. The molecule has 0 aromatic rings. The second-order valence-corrected chi connectivity index (χ2v) is 2.02. The van der Waals surface area contributed by atoms with Crippen LogP contribution in [0.3, 0.4) is 0 Å². The standard InChI is InChI=1S/C7H14N2O2/c8-3-2-7(6-11)9-4-1-5-10/h2-3,8-11H,1,4-6H2/b7-2-,8-3?. The zero-order valence-corrected chi connectivity index (χ0v) is 6.38. The molecule has 0 aliphatic rings. The minimum atomic E-state index is -0.0964. The molecule has 11 heavy (non-hydrogen) atoms. The van der Waals surface area contributed by atoms with Crippen molar-refractivity contribution in [2.75, 3.05) is 19.8 Å². The van der Waals surface area contributed by atoms with Gasteiger partial charge < -0.3 is 20.9 Å². The highest BCUT2D eigenvalue weighted by molar-refractivity contribution is 5.68. The molecule has 0 spiro atoms. The van der Waals surface area contributed by atoms with Crippen LogP contribution in [-0.2, 0) is 0 Å². The highest BCUT2D eigenvalue weighted by Gasteiger charge is 1.90. The molecule has 64 valence electrons. The van der Waals surface area contributed by atoms with Crippen molar-refractivity contribution in [3.63, 3.8) is 0 Å². The normalized spacial score (nSPS) is 11.3. The van der Waals surface area contributed by atoms with Crippen LogP contribution in [0.5, 0.6) is 0 Å². The quantitative estimate of drug-likeness (QED) is 0.310. The summed E-state index contributed by atoms with van der Waals surface area (Å²) in [5, 5.41) is 26.7. The Labute approximate surface area is 66.1 Å². The fraction of sp³-hybridized carbons (Fsp3) is 0.571. The van der Waals surface area contributed by atoms with Crippen LogP contribution in [0, 0.1) is 5.41 Å². The van der Waals surface area contributed by atoms with E-state index < -0.39 is 0 Å². The number of aliphatic hydroxyl groups excluding tert-OH is 2. The summed E-state index contributed by atoms with van der Waals surface area (Å²) in [6, 6.07) is 0. The van der Waals surface area contributed by atoms with Crippen LogP contribution >= 0.6 is 0 Å². The van der Waals surface area contributed by atoms with Crippen molar-refractivity contribution in [2.24, 2.45) is 0 Å². The number of hydrogen-bond donors (Lipinski definition) is 4. The van der Waals surface area contributed by atoms with Crippen LogP contribution in [0.15, 0.2) is 11.8 Å². The third kappa shape index (κ3) is 5.57. The van der Waals surface area contributed by atoms with E-state index in [9.17, 15) is 0 Å². The first-order valence-corrected chi connectivity index (χ1v) is 3.50. The molecule has 4 nitrogen and oxygen atoms in total. The molecule has 0 heterocycles. The minimum Gasteiger partial charge on any atom is -0.396 e. The number of aliphatic hydroxyl groups is 2. The van der Waals surface area contributed by atoms with Gasteiger partial charge in [-0.3, -0.25) is 0 Å². The molecule has 0 rings (SSSR count). The van der Waals surface area contributed by atoms with Crippen molar-refractivity contribution in [2.45, 2.75) is 6.42 Å². The van der Waals surface area contributed by atoms with Gasteiger partial charge in [-0.15, -0.1) is 0 Å². The number of rotatable bonds is 6. The Hall–Kier alpha value is -0.870. The van der Waals surface area contributed by atoms with Crippen molar-refractivity contribution < 1.29 is 10.2 Å². The molecule has 0 atom stereocenters. The van der Waals surface area contributed by atoms with Crippen LogP contribution in [0.25, 0.3) is 0 Å². The van der Waals surface area contributed by atoms with Crippen LogP contribution in [-0.4, -0.2) is 36.2 Å².